The Morgan fingerprint density at radius 3 is 2.70 bits per heavy atom. The maximum Gasteiger partial charge on any atom is 0.249 e. The van der Waals surface area contributed by atoms with Gasteiger partial charge in [-0.2, -0.15) is 4.98 Å². The van der Waals surface area contributed by atoms with E-state index in [-0.39, 0.29) is 18.2 Å². The molecule has 5 rings (SSSR count). The molecule has 0 aliphatic heterocycles. The van der Waals surface area contributed by atoms with Gasteiger partial charge in [0.2, 0.25) is 17.6 Å². The van der Waals surface area contributed by atoms with Crippen molar-refractivity contribution in [2.75, 3.05) is 0 Å². The molecule has 33 heavy (non-hydrogen) atoms. The van der Waals surface area contributed by atoms with E-state index in [0.717, 1.165) is 27.5 Å². The number of imidazole rings is 1. The Kier molecular flexibility index (Phi) is 5.70. The van der Waals surface area contributed by atoms with E-state index in [1.165, 1.54) is 11.3 Å². The summed E-state index contributed by atoms with van der Waals surface area (Å²) in [5.41, 5.74) is 3.57. The number of fused-ring (bicyclic) bond motifs is 1. The monoisotopic (exact) mass is 458 g/mol. The van der Waals surface area contributed by atoms with Crippen molar-refractivity contribution in [2.45, 2.75) is 26.3 Å². The summed E-state index contributed by atoms with van der Waals surface area (Å²) >= 11 is 1.52. The summed E-state index contributed by atoms with van der Waals surface area (Å²) in [7, 11) is 0. The highest BCUT2D eigenvalue weighted by Crippen LogP contribution is 2.25. The third-order valence-corrected chi connectivity index (χ3v) is 6.19. The second kappa shape index (κ2) is 8.95. The third-order valence-electron chi connectivity index (χ3n) is 5.31. The summed E-state index contributed by atoms with van der Waals surface area (Å²) in [5, 5.41) is 9.08. The summed E-state index contributed by atoms with van der Waals surface area (Å²) in [6, 6.07) is 13.3. The molecule has 0 radical (unpaired) electrons. The van der Waals surface area contributed by atoms with Crippen LogP contribution in [0.1, 0.15) is 31.5 Å². The Morgan fingerprint density at radius 2 is 1.94 bits per heavy atom. The Morgan fingerprint density at radius 1 is 1.12 bits per heavy atom. The normalized spacial score (nSPS) is 12.3. The molecule has 4 aromatic heterocycles. The molecule has 0 aliphatic carbocycles. The minimum atomic E-state index is -0.396. The second-order valence-corrected chi connectivity index (χ2v) is 8.87. The lowest BCUT2D eigenvalue weighted by Gasteiger charge is -2.18. The predicted molar refractivity (Wildman–Crippen MR) is 125 cm³/mol. The van der Waals surface area contributed by atoms with Crippen LogP contribution in [0.15, 0.2) is 71.0 Å². The number of aromatic nitrogens is 5. The maximum atomic E-state index is 13.0. The summed E-state index contributed by atoms with van der Waals surface area (Å²) in [6.07, 6.45) is 5.56. The number of hydrogen-bond acceptors (Lipinski definition) is 7. The Balaban J connectivity index is 1.33. The van der Waals surface area contributed by atoms with Gasteiger partial charge in [-0.05, 0) is 18.1 Å². The zero-order valence-electron chi connectivity index (χ0n) is 18.2. The number of nitrogens with zero attached hydrogens (tertiary/aromatic N) is 5. The molecule has 9 heteroatoms. The summed E-state index contributed by atoms with van der Waals surface area (Å²) in [5.74, 6) is 0.770. The van der Waals surface area contributed by atoms with E-state index in [0.29, 0.717) is 11.7 Å². The first-order valence-electron chi connectivity index (χ1n) is 10.6. The molecule has 166 valence electrons. The van der Waals surface area contributed by atoms with Crippen molar-refractivity contribution in [1.29, 1.82) is 0 Å². The first-order valence-corrected chi connectivity index (χ1v) is 11.5. The number of carbonyl (C=O) groups is 1. The average Bonchev–Trinajstić information content (AvgIpc) is 3.56. The zero-order chi connectivity index (χ0) is 22.8. The van der Waals surface area contributed by atoms with Crippen molar-refractivity contribution in [3.05, 3.63) is 78.0 Å². The maximum absolute atomic E-state index is 13.0. The van der Waals surface area contributed by atoms with Crippen LogP contribution < -0.4 is 5.32 Å². The lowest BCUT2D eigenvalue weighted by Crippen LogP contribution is -2.33. The second-order valence-electron chi connectivity index (χ2n) is 8.04. The number of amides is 1. The summed E-state index contributed by atoms with van der Waals surface area (Å²) in [4.78, 5) is 27.1. The molecule has 4 heterocycles. The van der Waals surface area contributed by atoms with Crippen molar-refractivity contribution in [2.24, 2.45) is 5.92 Å². The molecule has 1 N–H and O–H groups in total. The van der Waals surface area contributed by atoms with Crippen molar-refractivity contribution >= 4 is 22.2 Å². The van der Waals surface area contributed by atoms with Crippen molar-refractivity contribution < 1.29 is 9.32 Å². The SMILES string of the molecule is CC(C)C(NC(=O)Cc1csc2nc(-c3ccccc3)cn12)c1nc(-c2cccnc2)no1. The van der Waals surface area contributed by atoms with Crippen LogP contribution in [0.25, 0.3) is 27.6 Å². The van der Waals surface area contributed by atoms with Gasteiger partial charge in [0.05, 0.1) is 12.1 Å². The Hall–Kier alpha value is -3.85. The van der Waals surface area contributed by atoms with Gasteiger partial charge in [0, 0.05) is 40.8 Å². The van der Waals surface area contributed by atoms with Gasteiger partial charge in [0.1, 0.15) is 6.04 Å². The van der Waals surface area contributed by atoms with Crippen LogP contribution in [0.2, 0.25) is 0 Å². The predicted octanol–water partition coefficient (Wildman–Crippen LogP) is 4.56. The third kappa shape index (κ3) is 4.40. The highest BCUT2D eigenvalue weighted by atomic mass is 32.1. The molecule has 0 fully saturated rings. The smallest absolute Gasteiger partial charge is 0.249 e. The van der Waals surface area contributed by atoms with E-state index in [1.54, 1.807) is 12.4 Å². The quantitative estimate of drug-likeness (QED) is 0.384. The largest absolute Gasteiger partial charge is 0.344 e. The number of hydrogen-bond donors (Lipinski definition) is 1. The molecule has 1 aromatic carbocycles. The number of benzene rings is 1. The topological polar surface area (TPSA) is 98.2 Å². The van der Waals surface area contributed by atoms with Crippen LogP contribution in [0.4, 0.5) is 0 Å². The standard InChI is InChI=1S/C24H22N6O2S/c1-15(2)21(23-28-22(29-32-23)17-9-6-10-25-12-17)27-20(31)11-18-14-33-24-26-19(13-30(18)24)16-7-4-3-5-8-16/h3-10,12-15,21H,11H2,1-2H3,(H,27,31). The highest BCUT2D eigenvalue weighted by molar-refractivity contribution is 7.15. The summed E-state index contributed by atoms with van der Waals surface area (Å²) in [6.45, 7) is 4.01. The molecular weight excluding hydrogens is 436 g/mol. The van der Waals surface area contributed by atoms with Crippen LogP contribution >= 0.6 is 11.3 Å². The van der Waals surface area contributed by atoms with Crippen molar-refractivity contribution in [3.63, 3.8) is 0 Å². The van der Waals surface area contributed by atoms with Crippen LogP contribution in [0.5, 0.6) is 0 Å². The number of thiazole rings is 1. The van der Waals surface area contributed by atoms with Gasteiger partial charge < -0.3 is 9.84 Å². The number of pyridine rings is 1. The molecule has 0 bridgehead atoms. The van der Waals surface area contributed by atoms with E-state index in [9.17, 15) is 4.79 Å². The van der Waals surface area contributed by atoms with E-state index in [1.807, 2.05) is 72.3 Å². The molecule has 5 aromatic rings. The van der Waals surface area contributed by atoms with E-state index < -0.39 is 6.04 Å². The van der Waals surface area contributed by atoms with Gasteiger partial charge in [-0.3, -0.25) is 14.2 Å². The fourth-order valence-corrected chi connectivity index (χ4v) is 4.45. The van der Waals surface area contributed by atoms with Gasteiger partial charge >= 0.3 is 0 Å². The van der Waals surface area contributed by atoms with Gasteiger partial charge in [-0.25, -0.2) is 4.98 Å². The lowest BCUT2D eigenvalue weighted by atomic mass is 10.0. The van der Waals surface area contributed by atoms with Crippen molar-refractivity contribution in [3.8, 4) is 22.6 Å². The first-order chi connectivity index (χ1) is 16.1. The van der Waals surface area contributed by atoms with E-state index >= 15 is 0 Å². The fraction of sp³-hybridized carbons (Fsp3) is 0.208. The Labute approximate surface area is 194 Å². The molecule has 0 saturated heterocycles. The van der Waals surface area contributed by atoms with E-state index in [4.69, 9.17) is 9.51 Å². The van der Waals surface area contributed by atoms with Gasteiger partial charge in [0.25, 0.3) is 0 Å². The molecule has 1 amide bonds. The molecule has 0 saturated carbocycles. The van der Waals surface area contributed by atoms with Crippen LogP contribution in [0.3, 0.4) is 0 Å². The van der Waals surface area contributed by atoms with E-state index in [2.05, 4.69) is 20.4 Å². The molecular formula is C24H22N6O2S. The highest BCUT2D eigenvalue weighted by Gasteiger charge is 2.25. The molecule has 0 aliphatic rings. The van der Waals surface area contributed by atoms with Gasteiger partial charge in [-0.1, -0.05) is 49.3 Å². The Bertz CT molecular complexity index is 1370. The first kappa shape index (κ1) is 21.0. The molecule has 1 atom stereocenters. The molecule has 8 nitrogen and oxygen atoms in total. The van der Waals surface area contributed by atoms with Crippen LogP contribution in [-0.2, 0) is 11.2 Å². The minimum absolute atomic E-state index is 0.0663. The van der Waals surface area contributed by atoms with Crippen LogP contribution in [-0.4, -0.2) is 30.4 Å². The average molecular weight is 459 g/mol. The van der Waals surface area contributed by atoms with Crippen molar-refractivity contribution in [1.82, 2.24) is 29.8 Å². The minimum Gasteiger partial charge on any atom is -0.344 e. The fourth-order valence-electron chi connectivity index (χ4n) is 3.58. The van der Waals surface area contributed by atoms with Gasteiger partial charge in [0.15, 0.2) is 4.96 Å². The lowest BCUT2D eigenvalue weighted by molar-refractivity contribution is -0.121. The summed E-state index contributed by atoms with van der Waals surface area (Å²) < 4.78 is 7.46. The van der Waals surface area contributed by atoms with Crippen LogP contribution in [0, 0.1) is 5.92 Å². The zero-order valence-corrected chi connectivity index (χ0v) is 19.0. The number of nitrogens with one attached hydrogen (secondary N) is 1. The molecule has 0 spiro atoms. The number of rotatable bonds is 7. The number of carbonyl (C=O) groups excluding carboxylic acids is 1. The molecule has 1 unspecified atom stereocenters. The van der Waals surface area contributed by atoms with Gasteiger partial charge in [-0.15, -0.1) is 11.3 Å².